The van der Waals surface area contributed by atoms with Crippen molar-refractivity contribution in [3.8, 4) is 11.3 Å². The van der Waals surface area contributed by atoms with Crippen molar-refractivity contribution in [1.82, 2.24) is 40.4 Å². The molecule has 0 aromatic carbocycles. The molecule has 9 heteroatoms. The molecule has 1 amide bonds. The van der Waals surface area contributed by atoms with Gasteiger partial charge in [0, 0.05) is 48.3 Å². The van der Waals surface area contributed by atoms with Crippen LogP contribution in [0.3, 0.4) is 0 Å². The van der Waals surface area contributed by atoms with Crippen LogP contribution < -0.4 is 10.6 Å². The van der Waals surface area contributed by atoms with E-state index in [1.54, 1.807) is 17.0 Å². The third kappa shape index (κ3) is 4.95. The molecule has 35 heavy (non-hydrogen) atoms. The number of pyridine rings is 2. The Hall–Kier alpha value is -3.59. The predicted molar refractivity (Wildman–Crippen MR) is 134 cm³/mol. The van der Waals surface area contributed by atoms with E-state index in [0.29, 0.717) is 11.7 Å². The number of carbonyl (C=O) groups is 1. The van der Waals surface area contributed by atoms with Gasteiger partial charge in [0.05, 0.1) is 5.69 Å². The number of nitrogens with one attached hydrogen (secondary N) is 3. The van der Waals surface area contributed by atoms with Crippen molar-refractivity contribution in [3.05, 3.63) is 65.5 Å². The summed E-state index contributed by atoms with van der Waals surface area (Å²) in [5.74, 6) is 0.0187. The van der Waals surface area contributed by atoms with E-state index in [1.807, 2.05) is 25.4 Å². The molecule has 9 nitrogen and oxygen atoms in total. The number of aromatic amines is 1. The summed E-state index contributed by atoms with van der Waals surface area (Å²) in [6.07, 6.45) is 11.1. The molecule has 0 aliphatic heterocycles. The van der Waals surface area contributed by atoms with E-state index in [2.05, 4.69) is 61.9 Å². The van der Waals surface area contributed by atoms with Crippen molar-refractivity contribution in [1.29, 1.82) is 0 Å². The van der Waals surface area contributed by atoms with Crippen LogP contribution in [0.5, 0.6) is 0 Å². The molecule has 1 fully saturated rings. The van der Waals surface area contributed by atoms with Crippen LogP contribution in [0.25, 0.3) is 16.9 Å². The maximum atomic E-state index is 13.3. The highest BCUT2D eigenvalue weighted by molar-refractivity contribution is 5.96. The molecule has 0 unspecified atom stereocenters. The first-order valence-corrected chi connectivity index (χ1v) is 12.3. The molecule has 4 aromatic heterocycles. The van der Waals surface area contributed by atoms with E-state index in [1.165, 1.54) is 5.56 Å². The summed E-state index contributed by atoms with van der Waals surface area (Å²) >= 11 is 0. The number of nitrogens with zero attached hydrogens (tertiary/aromatic N) is 5. The molecule has 3 N–H and O–H groups in total. The highest BCUT2D eigenvalue weighted by Gasteiger charge is 2.27. The molecule has 1 aliphatic rings. The topological polar surface area (TPSA) is 113 Å². The highest BCUT2D eigenvalue weighted by atomic mass is 16.2. The number of aromatic nitrogens is 6. The van der Waals surface area contributed by atoms with Crippen molar-refractivity contribution in [2.24, 2.45) is 0 Å². The number of rotatable bonds is 7. The van der Waals surface area contributed by atoms with Gasteiger partial charge in [-0.3, -0.25) is 14.9 Å². The van der Waals surface area contributed by atoms with E-state index in [9.17, 15) is 4.79 Å². The Kier molecular flexibility index (Phi) is 6.59. The van der Waals surface area contributed by atoms with Gasteiger partial charge in [-0.15, -0.1) is 0 Å². The lowest BCUT2D eigenvalue weighted by Crippen LogP contribution is -2.42. The SMILES string of the molecule is Cc1cc(-c2[nH]nc(C(=O)N[C@H]3CC[C@H](NCc4cccnc4)CC3)c2C(C)C)cn2ncnc12. The Morgan fingerprint density at radius 3 is 2.77 bits per heavy atom. The van der Waals surface area contributed by atoms with Crippen LogP contribution in [-0.4, -0.2) is 47.8 Å². The van der Waals surface area contributed by atoms with Gasteiger partial charge >= 0.3 is 0 Å². The summed E-state index contributed by atoms with van der Waals surface area (Å²) < 4.78 is 1.76. The minimum Gasteiger partial charge on any atom is -0.348 e. The average molecular weight is 473 g/mol. The third-order valence-electron chi connectivity index (χ3n) is 6.82. The summed E-state index contributed by atoms with van der Waals surface area (Å²) in [4.78, 5) is 21.7. The van der Waals surface area contributed by atoms with Crippen LogP contribution in [0.2, 0.25) is 0 Å². The third-order valence-corrected chi connectivity index (χ3v) is 6.82. The van der Waals surface area contributed by atoms with Gasteiger partial charge in [-0.1, -0.05) is 19.9 Å². The molecular weight excluding hydrogens is 440 g/mol. The van der Waals surface area contributed by atoms with Gasteiger partial charge in [0.15, 0.2) is 11.3 Å². The zero-order valence-electron chi connectivity index (χ0n) is 20.5. The molecule has 0 atom stereocenters. The molecular formula is C26H32N8O. The second kappa shape index (κ2) is 9.95. The number of amides is 1. The Labute approximate surface area is 204 Å². The van der Waals surface area contributed by atoms with E-state index in [0.717, 1.165) is 60.3 Å². The van der Waals surface area contributed by atoms with Crippen molar-refractivity contribution >= 4 is 11.6 Å². The molecule has 4 aromatic rings. The largest absolute Gasteiger partial charge is 0.348 e. The lowest BCUT2D eigenvalue weighted by molar-refractivity contribution is 0.0917. The van der Waals surface area contributed by atoms with Crippen molar-refractivity contribution in [2.45, 2.75) is 71.0 Å². The Balaban J connectivity index is 1.25. The van der Waals surface area contributed by atoms with Crippen LogP contribution in [0.4, 0.5) is 0 Å². The van der Waals surface area contributed by atoms with Crippen molar-refractivity contribution < 1.29 is 4.79 Å². The smallest absolute Gasteiger partial charge is 0.272 e. The number of fused-ring (bicyclic) bond motifs is 1. The molecule has 1 aliphatic carbocycles. The van der Waals surface area contributed by atoms with Crippen LogP contribution in [0, 0.1) is 6.92 Å². The number of hydrogen-bond acceptors (Lipinski definition) is 6. The van der Waals surface area contributed by atoms with Gasteiger partial charge in [-0.05, 0) is 61.8 Å². The quantitative estimate of drug-likeness (QED) is 0.377. The number of H-pyrrole nitrogens is 1. The first-order chi connectivity index (χ1) is 17.0. The summed E-state index contributed by atoms with van der Waals surface area (Å²) in [7, 11) is 0. The van der Waals surface area contributed by atoms with E-state index in [4.69, 9.17) is 0 Å². The first-order valence-electron chi connectivity index (χ1n) is 12.3. The normalized spacial score (nSPS) is 18.3. The second-order valence-electron chi connectivity index (χ2n) is 9.72. The zero-order valence-corrected chi connectivity index (χ0v) is 20.5. The van der Waals surface area contributed by atoms with Crippen LogP contribution in [0.15, 0.2) is 43.1 Å². The number of aryl methyl sites for hydroxylation is 1. The van der Waals surface area contributed by atoms with Crippen LogP contribution >= 0.6 is 0 Å². The Morgan fingerprint density at radius 2 is 2.03 bits per heavy atom. The summed E-state index contributed by atoms with van der Waals surface area (Å²) in [6.45, 7) is 7.01. The molecule has 4 heterocycles. The summed E-state index contributed by atoms with van der Waals surface area (Å²) in [6, 6.07) is 6.73. The maximum absolute atomic E-state index is 13.3. The zero-order chi connectivity index (χ0) is 24.4. The van der Waals surface area contributed by atoms with Gasteiger partial charge in [-0.25, -0.2) is 9.50 Å². The van der Waals surface area contributed by atoms with Crippen molar-refractivity contribution in [2.75, 3.05) is 0 Å². The molecule has 1 saturated carbocycles. The second-order valence-corrected chi connectivity index (χ2v) is 9.72. The van der Waals surface area contributed by atoms with E-state index < -0.39 is 0 Å². The highest BCUT2D eigenvalue weighted by Crippen LogP contribution is 2.31. The fourth-order valence-electron chi connectivity index (χ4n) is 5.00. The molecule has 0 bridgehead atoms. The molecule has 182 valence electrons. The summed E-state index contributed by atoms with van der Waals surface area (Å²) in [5.41, 5.74) is 6.23. The summed E-state index contributed by atoms with van der Waals surface area (Å²) in [5, 5.41) is 18.7. The van der Waals surface area contributed by atoms with Crippen LogP contribution in [-0.2, 0) is 6.54 Å². The molecule has 0 saturated heterocycles. The van der Waals surface area contributed by atoms with E-state index >= 15 is 0 Å². The molecule has 5 rings (SSSR count). The molecule has 0 radical (unpaired) electrons. The van der Waals surface area contributed by atoms with Gasteiger partial charge < -0.3 is 10.6 Å². The minimum absolute atomic E-state index is 0.110. The minimum atomic E-state index is -0.110. The van der Waals surface area contributed by atoms with Crippen LogP contribution in [0.1, 0.15) is 72.6 Å². The lowest BCUT2D eigenvalue weighted by Gasteiger charge is -2.29. The number of carbonyl (C=O) groups excluding carboxylic acids is 1. The number of hydrogen-bond donors (Lipinski definition) is 3. The Morgan fingerprint density at radius 1 is 1.23 bits per heavy atom. The maximum Gasteiger partial charge on any atom is 0.272 e. The van der Waals surface area contributed by atoms with Crippen molar-refractivity contribution in [3.63, 3.8) is 0 Å². The monoisotopic (exact) mass is 472 g/mol. The first kappa shape index (κ1) is 23.2. The van der Waals surface area contributed by atoms with Gasteiger partial charge in [0.1, 0.15) is 6.33 Å². The van der Waals surface area contributed by atoms with Gasteiger partial charge in [-0.2, -0.15) is 10.2 Å². The lowest BCUT2D eigenvalue weighted by atomic mass is 9.90. The standard InChI is InChI=1S/C26H32N8O/c1-16(2)22-23(19-11-17(3)25-29-15-30-34(25)14-19)32-33-24(22)26(35)31-21-8-6-20(7-9-21)28-13-18-5-4-10-27-12-18/h4-5,10-12,14-16,20-21,28H,6-9,13H2,1-3H3,(H,31,35)(H,32,33)/t20-,21-. The van der Waals surface area contributed by atoms with Gasteiger partial charge in [0.25, 0.3) is 5.91 Å². The average Bonchev–Trinajstić information content (AvgIpc) is 3.52. The fraction of sp³-hybridized carbons (Fsp3) is 0.423. The van der Waals surface area contributed by atoms with E-state index in [-0.39, 0.29) is 17.9 Å². The Bertz CT molecular complexity index is 1300. The fourth-order valence-corrected chi connectivity index (χ4v) is 5.00. The molecule has 0 spiro atoms. The van der Waals surface area contributed by atoms with Gasteiger partial charge in [0.2, 0.25) is 0 Å². The predicted octanol–water partition coefficient (Wildman–Crippen LogP) is 3.78.